The third kappa shape index (κ3) is 8.69. The van der Waals surface area contributed by atoms with E-state index in [1.165, 1.54) is 14.2 Å². The third-order valence-corrected chi connectivity index (χ3v) is 6.62. The van der Waals surface area contributed by atoms with Crippen LogP contribution in [-0.4, -0.2) is 74.6 Å². The number of para-hydroxylation sites is 1. The van der Waals surface area contributed by atoms with Crippen molar-refractivity contribution >= 4 is 23.6 Å². The van der Waals surface area contributed by atoms with Gasteiger partial charge in [-0.1, -0.05) is 52.8 Å². The molecule has 1 aromatic carbocycles. The fraction of sp³-hybridized carbons (Fsp3) is 0.667. The summed E-state index contributed by atoms with van der Waals surface area (Å²) in [6.07, 6.45) is -1.03. The molecule has 4 atom stereocenters. The Balaban J connectivity index is 2.01. The van der Waals surface area contributed by atoms with Crippen molar-refractivity contribution < 1.29 is 29.0 Å². The highest BCUT2D eigenvalue weighted by Crippen LogP contribution is 2.32. The van der Waals surface area contributed by atoms with Gasteiger partial charge in [-0.25, -0.2) is 4.79 Å². The number of benzene rings is 1. The maximum Gasteiger partial charge on any atom is 0.407 e. The maximum absolute atomic E-state index is 13.5. The number of carbonyl (C=O) groups excluding carboxylic acids is 3. The van der Waals surface area contributed by atoms with Crippen molar-refractivity contribution in [3.63, 3.8) is 0 Å². The number of nitrogens with zero attached hydrogens (tertiary/aromatic N) is 1. The Labute approximate surface area is 220 Å². The SMILES string of the molecule is COC(=O)NC1Cc2ccccc2N(C(=O)CC(C)(C)C[C@H](N)[C@@H](O)CNC(=O)[C@H](OC)C(C)(C)C)C1. The third-order valence-electron chi connectivity index (χ3n) is 6.62. The van der Waals surface area contributed by atoms with Crippen molar-refractivity contribution in [1.29, 1.82) is 0 Å². The van der Waals surface area contributed by atoms with Crippen molar-refractivity contribution in [1.82, 2.24) is 10.6 Å². The fourth-order valence-electron chi connectivity index (χ4n) is 4.81. The van der Waals surface area contributed by atoms with Crippen molar-refractivity contribution in [2.45, 2.75) is 78.2 Å². The largest absolute Gasteiger partial charge is 0.453 e. The first-order chi connectivity index (χ1) is 17.2. The van der Waals surface area contributed by atoms with E-state index in [1.54, 1.807) is 4.90 Å². The van der Waals surface area contributed by atoms with Crippen LogP contribution in [0.4, 0.5) is 10.5 Å². The summed E-state index contributed by atoms with van der Waals surface area (Å²) < 4.78 is 10.0. The van der Waals surface area contributed by atoms with E-state index >= 15 is 0 Å². The summed E-state index contributed by atoms with van der Waals surface area (Å²) in [5.74, 6) is -0.411. The minimum absolute atomic E-state index is 0.0135. The number of methoxy groups -OCH3 is 2. The van der Waals surface area contributed by atoms with Gasteiger partial charge < -0.3 is 35.8 Å². The fourth-order valence-corrected chi connectivity index (χ4v) is 4.81. The lowest BCUT2D eigenvalue weighted by atomic mass is 9.80. The molecule has 37 heavy (non-hydrogen) atoms. The molecule has 1 aromatic rings. The van der Waals surface area contributed by atoms with E-state index in [0.717, 1.165) is 11.3 Å². The van der Waals surface area contributed by atoms with Gasteiger partial charge in [0.05, 0.1) is 19.3 Å². The Morgan fingerprint density at radius 2 is 1.81 bits per heavy atom. The van der Waals surface area contributed by atoms with Gasteiger partial charge in [0.25, 0.3) is 0 Å². The Bertz CT molecular complexity index is 945. The van der Waals surface area contributed by atoms with E-state index in [4.69, 9.17) is 15.2 Å². The van der Waals surface area contributed by atoms with Gasteiger partial charge in [-0.05, 0) is 35.3 Å². The quantitative estimate of drug-likeness (QED) is 0.369. The van der Waals surface area contributed by atoms with Gasteiger partial charge in [0.15, 0.2) is 0 Å². The second-order valence-electron chi connectivity index (χ2n) is 11.7. The number of aliphatic hydroxyl groups excluding tert-OH is 1. The highest BCUT2D eigenvalue weighted by molar-refractivity contribution is 5.95. The number of aliphatic hydroxyl groups is 1. The Hall–Kier alpha value is -2.69. The summed E-state index contributed by atoms with van der Waals surface area (Å²) in [6.45, 7) is 9.87. The molecule has 0 aliphatic carbocycles. The Morgan fingerprint density at radius 1 is 1.16 bits per heavy atom. The Kier molecular flexibility index (Phi) is 10.5. The molecule has 5 N–H and O–H groups in total. The lowest BCUT2D eigenvalue weighted by Crippen LogP contribution is -2.51. The summed E-state index contributed by atoms with van der Waals surface area (Å²) >= 11 is 0. The van der Waals surface area contributed by atoms with Crippen LogP contribution in [0.2, 0.25) is 0 Å². The van der Waals surface area contributed by atoms with Crippen molar-refractivity contribution in [2.75, 3.05) is 32.2 Å². The van der Waals surface area contributed by atoms with Crippen LogP contribution in [0, 0.1) is 10.8 Å². The lowest BCUT2D eigenvalue weighted by molar-refractivity contribution is -0.137. The van der Waals surface area contributed by atoms with E-state index < -0.39 is 35.2 Å². The molecule has 1 unspecified atom stereocenters. The summed E-state index contributed by atoms with van der Waals surface area (Å²) in [5, 5.41) is 16.1. The zero-order valence-corrected chi connectivity index (χ0v) is 23.2. The van der Waals surface area contributed by atoms with Crippen LogP contribution in [0.15, 0.2) is 24.3 Å². The normalized spacial score (nSPS) is 18.3. The van der Waals surface area contributed by atoms with Crippen molar-refractivity contribution in [3.05, 3.63) is 29.8 Å². The van der Waals surface area contributed by atoms with Crippen molar-refractivity contribution in [3.8, 4) is 0 Å². The van der Waals surface area contributed by atoms with Gasteiger partial charge in [0.2, 0.25) is 11.8 Å². The number of rotatable bonds is 10. The first kappa shape index (κ1) is 30.5. The summed E-state index contributed by atoms with van der Waals surface area (Å²) in [7, 11) is 2.78. The molecule has 0 fully saturated rings. The first-order valence-corrected chi connectivity index (χ1v) is 12.7. The van der Waals surface area contributed by atoms with Gasteiger partial charge >= 0.3 is 6.09 Å². The van der Waals surface area contributed by atoms with E-state index in [9.17, 15) is 19.5 Å². The molecule has 0 saturated heterocycles. The number of ether oxygens (including phenoxy) is 2. The number of anilines is 1. The lowest BCUT2D eigenvalue weighted by Gasteiger charge is -2.37. The maximum atomic E-state index is 13.5. The number of alkyl carbamates (subject to hydrolysis) is 1. The van der Waals surface area contributed by atoms with E-state index in [1.807, 2.05) is 58.9 Å². The van der Waals surface area contributed by atoms with Gasteiger partial charge in [0.1, 0.15) is 6.10 Å². The zero-order chi connectivity index (χ0) is 28.0. The molecule has 3 amide bonds. The van der Waals surface area contributed by atoms with E-state index in [2.05, 4.69) is 10.6 Å². The predicted octanol–water partition coefficient (Wildman–Crippen LogP) is 1.97. The predicted molar refractivity (Wildman–Crippen MR) is 142 cm³/mol. The van der Waals surface area contributed by atoms with E-state index in [0.29, 0.717) is 19.4 Å². The number of nitrogens with two attached hydrogens (primary N) is 1. The highest BCUT2D eigenvalue weighted by atomic mass is 16.5. The topological polar surface area (TPSA) is 143 Å². The van der Waals surface area contributed by atoms with Gasteiger partial charge in [-0.3, -0.25) is 9.59 Å². The molecular weight excluding hydrogens is 476 g/mol. The minimum Gasteiger partial charge on any atom is -0.453 e. The van der Waals surface area contributed by atoms with Crippen LogP contribution in [0.1, 0.15) is 53.0 Å². The molecule has 0 radical (unpaired) electrons. The monoisotopic (exact) mass is 520 g/mol. The highest BCUT2D eigenvalue weighted by Gasteiger charge is 2.35. The molecule has 10 heteroatoms. The molecule has 1 heterocycles. The van der Waals surface area contributed by atoms with Crippen LogP contribution in [0.3, 0.4) is 0 Å². The van der Waals surface area contributed by atoms with Crippen LogP contribution >= 0.6 is 0 Å². The van der Waals surface area contributed by atoms with Gasteiger partial charge in [0, 0.05) is 38.3 Å². The zero-order valence-electron chi connectivity index (χ0n) is 23.2. The molecule has 208 valence electrons. The number of fused-ring (bicyclic) bond motifs is 1. The standard InChI is InChI=1S/C27H44N4O6/c1-26(2,3)23(36-6)24(34)29-15-21(32)19(28)13-27(4,5)14-22(33)31-16-18(30-25(35)37-7)12-17-10-8-9-11-20(17)31/h8-11,18-19,21,23,32H,12-16,28H2,1-7H3,(H,29,34)(H,30,35)/t18?,19-,21-,23-/m0/s1. The van der Waals surface area contributed by atoms with Gasteiger partial charge in [-0.2, -0.15) is 0 Å². The smallest absolute Gasteiger partial charge is 0.407 e. The number of carbonyl (C=O) groups is 3. The second kappa shape index (κ2) is 12.7. The second-order valence-corrected chi connectivity index (χ2v) is 11.7. The number of hydrogen-bond donors (Lipinski definition) is 4. The molecular formula is C27H44N4O6. The summed E-state index contributed by atoms with van der Waals surface area (Å²) in [4.78, 5) is 39.4. The van der Waals surface area contributed by atoms with Crippen molar-refractivity contribution in [2.24, 2.45) is 16.6 Å². The molecule has 2 rings (SSSR count). The summed E-state index contributed by atoms with van der Waals surface area (Å²) in [6, 6.07) is 6.71. The molecule has 0 aromatic heterocycles. The summed E-state index contributed by atoms with van der Waals surface area (Å²) in [5.41, 5.74) is 7.15. The average Bonchev–Trinajstić information content (AvgIpc) is 2.80. The first-order valence-electron chi connectivity index (χ1n) is 12.7. The molecule has 1 aliphatic heterocycles. The van der Waals surface area contributed by atoms with Gasteiger partial charge in [-0.15, -0.1) is 0 Å². The molecule has 0 spiro atoms. The molecule has 10 nitrogen and oxygen atoms in total. The minimum atomic E-state index is -0.986. The van der Waals surface area contributed by atoms with Crippen LogP contribution in [-0.2, 0) is 25.5 Å². The van der Waals surface area contributed by atoms with Crippen LogP contribution < -0.4 is 21.3 Å². The van der Waals surface area contributed by atoms with Crippen LogP contribution in [0.25, 0.3) is 0 Å². The molecule has 0 bridgehead atoms. The average molecular weight is 521 g/mol. The van der Waals surface area contributed by atoms with Crippen LogP contribution in [0.5, 0.6) is 0 Å². The number of hydrogen-bond acceptors (Lipinski definition) is 7. The Morgan fingerprint density at radius 3 is 2.41 bits per heavy atom. The molecule has 0 saturated carbocycles. The number of nitrogens with one attached hydrogen (secondary N) is 2. The number of amides is 3. The molecule has 1 aliphatic rings. The van der Waals surface area contributed by atoms with E-state index in [-0.39, 0.29) is 30.8 Å².